The number of H-pyrrole nitrogens is 1. The van der Waals surface area contributed by atoms with E-state index in [0.717, 1.165) is 52.1 Å². The highest BCUT2D eigenvalue weighted by atomic mass is 33.1. The summed E-state index contributed by atoms with van der Waals surface area (Å²) in [6, 6.07) is 36.8. The summed E-state index contributed by atoms with van der Waals surface area (Å²) in [5.41, 5.74) is 4.11. The number of carbonyl (C=O) groups excluding carboxylic acids is 10. The maximum atomic E-state index is 15.4. The number of carboxylic acid groups (broad SMARTS) is 1. The molecule has 0 aliphatic carbocycles. The van der Waals surface area contributed by atoms with E-state index >= 15 is 19.2 Å². The maximum Gasteiger partial charge on any atom is 0.408 e. The molecule has 15 N–H and O–H groups in total. The van der Waals surface area contributed by atoms with Crippen LogP contribution in [-0.2, 0) is 83.2 Å². The van der Waals surface area contributed by atoms with Gasteiger partial charge < -0.3 is 88.1 Å². The van der Waals surface area contributed by atoms with Crippen LogP contribution in [0.4, 0.5) is 9.59 Å². The molecule has 0 radical (unpaired) electrons. The minimum absolute atomic E-state index is 0.0545. The molecule has 1 saturated heterocycles. The summed E-state index contributed by atoms with van der Waals surface area (Å²) in [5.74, 6) is -9.53. The second kappa shape index (κ2) is 41.8. The van der Waals surface area contributed by atoms with E-state index in [0.29, 0.717) is 38.9 Å². The van der Waals surface area contributed by atoms with Gasteiger partial charge in [-0.25, -0.2) is 14.4 Å². The standard InChI is InChI=1S/C82H101N11O17S3/c1-49(94)68-76(104)90-66(75(103)93-69(50(2)95)77(105)106)48-113-112-47-65(74(102)87-62(42-52-35-37-58(96)38-36-52)71(99)88-64(44-54-46-84-60-29-19-18-28-59(54)60)73(101)86-61(70(98)92-68)30-20-21-40-83-78(107)109-80(3,4)5)89-72(100)63(91-79(108)110-81(6,7)8)43-51-31-33-53(34-32-51)45-85-67(97)39-41-111-82(55-22-12-9-13-23-55,56-24-14-10-15-25-56)57-26-16-11-17-27-57/h9-19,22-29,31-38,46,49-50,61-66,68-69,84,94-96H,20-21,30,39-45,47-48H2,1-8H3,(H,83,107)(H,85,97)(H,86,101)(H,87,102)(H,88,99)(H,89,100)(H,90,104)(H,91,108)(H,92,98)(H,93,103)(H,105,106)/t49-,50-,61+,62+,63-,64-,65+,66+,68+,69+/m1/s1. The third kappa shape index (κ3) is 27.1. The zero-order valence-electron chi connectivity index (χ0n) is 64.2. The number of fused-ring (bicyclic) bond motifs is 1. The Morgan fingerprint density at radius 3 is 1.69 bits per heavy atom. The number of carboxylic acids is 1. The molecule has 0 unspecified atom stereocenters. The summed E-state index contributed by atoms with van der Waals surface area (Å²) < 4.78 is 10.4. The van der Waals surface area contributed by atoms with Gasteiger partial charge in [0, 0.05) is 73.1 Å². The minimum atomic E-state index is -1.91. The van der Waals surface area contributed by atoms with E-state index in [1.807, 2.05) is 54.6 Å². The van der Waals surface area contributed by atoms with Crippen molar-refractivity contribution in [1.29, 1.82) is 0 Å². The van der Waals surface area contributed by atoms with Crippen LogP contribution in [0.5, 0.6) is 5.75 Å². The summed E-state index contributed by atoms with van der Waals surface area (Å²) >= 11 is 1.66. The van der Waals surface area contributed by atoms with Crippen molar-refractivity contribution in [3.05, 3.63) is 209 Å². The van der Waals surface area contributed by atoms with E-state index in [-0.39, 0.29) is 69.7 Å². The van der Waals surface area contributed by atoms with Crippen LogP contribution >= 0.6 is 33.3 Å². The van der Waals surface area contributed by atoms with Gasteiger partial charge in [0.05, 0.1) is 17.0 Å². The predicted molar refractivity (Wildman–Crippen MR) is 433 cm³/mol. The number of para-hydroxylation sites is 1. The highest BCUT2D eigenvalue weighted by Gasteiger charge is 2.40. The lowest BCUT2D eigenvalue weighted by atomic mass is 9.84. The third-order valence-electron chi connectivity index (χ3n) is 18.0. The van der Waals surface area contributed by atoms with E-state index in [2.05, 4.69) is 94.6 Å². The van der Waals surface area contributed by atoms with Crippen LogP contribution in [0.2, 0.25) is 0 Å². The molecule has 1 fully saturated rings. The summed E-state index contributed by atoms with van der Waals surface area (Å²) in [5, 5.41) is 69.3. The van der Waals surface area contributed by atoms with Crippen molar-refractivity contribution < 1.29 is 82.6 Å². The normalized spacial score (nSPS) is 18.8. The number of aliphatic carboxylic acids is 1. The number of aliphatic hydroxyl groups excluding tert-OH is 2. The number of phenols is 1. The molecule has 1 aromatic heterocycles. The third-order valence-corrected chi connectivity index (χ3v) is 22.0. The van der Waals surface area contributed by atoms with Crippen molar-refractivity contribution in [2.24, 2.45) is 0 Å². The van der Waals surface area contributed by atoms with Crippen molar-refractivity contribution in [3.63, 3.8) is 0 Å². The quantitative estimate of drug-likeness (QED) is 0.0135. The Morgan fingerprint density at radius 1 is 0.575 bits per heavy atom. The lowest BCUT2D eigenvalue weighted by molar-refractivity contribution is -0.145. The number of phenolic OH excluding ortho intramolecular Hbond substituents is 1. The largest absolute Gasteiger partial charge is 0.508 e. The van der Waals surface area contributed by atoms with E-state index < -0.39 is 148 Å². The zero-order valence-corrected chi connectivity index (χ0v) is 66.7. The zero-order chi connectivity index (χ0) is 82.0. The lowest BCUT2D eigenvalue weighted by Gasteiger charge is -2.35. The Balaban J connectivity index is 1.10. The Hall–Kier alpha value is -10.6. The second-order valence-corrected chi connectivity index (χ2v) is 33.3. The van der Waals surface area contributed by atoms with E-state index in [4.69, 9.17) is 9.47 Å². The van der Waals surface area contributed by atoms with Gasteiger partial charge >= 0.3 is 18.2 Å². The fourth-order valence-electron chi connectivity index (χ4n) is 12.3. The Bertz CT molecular complexity index is 4280. The van der Waals surface area contributed by atoms with Crippen LogP contribution in [0.25, 0.3) is 10.9 Å². The van der Waals surface area contributed by atoms with Gasteiger partial charge in [-0.1, -0.05) is 167 Å². The molecule has 10 amide bonds. The van der Waals surface area contributed by atoms with Crippen LogP contribution in [-0.4, -0.2) is 186 Å². The molecule has 6 aromatic carbocycles. The molecule has 0 saturated carbocycles. The highest BCUT2D eigenvalue weighted by Crippen LogP contribution is 2.48. The summed E-state index contributed by atoms with van der Waals surface area (Å²) in [4.78, 5) is 160. The first-order valence-corrected chi connectivity index (χ1v) is 40.6. The van der Waals surface area contributed by atoms with E-state index in [1.165, 1.54) is 24.3 Å². The van der Waals surface area contributed by atoms with Crippen molar-refractivity contribution in [1.82, 2.24) is 58.2 Å². The number of hydrogen-bond acceptors (Lipinski definition) is 19. The highest BCUT2D eigenvalue weighted by molar-refractivity contribution is 8.76. The maximum absolute atomic E-state index is 15.4. The number of aliphatic hydroxyl groups is 2. The van der Waals surface area contributed by atoms with Gasteiger partial charge in [0.2, 0.25) is 47.3 Å². The van der Waals surface area contributed by atoms with Crippen molar-refractivity contribution in [3.8, 4) is 5.75 Å². The van der Waals surface area contributed by atoms with Crippen LogP contribution < -0.4 is 53.2 Å². The summed E-state index contributed by atoms with van der Waals surface area (Å²) in [6.45, 7) is 12.4. The number of thioether (sulfide) groups is 1. The molecule has 28 nitrogen and oxygen atoms in total. The Labute approximate surface area is 668 Å². The van der Waals surface area contributed by atoms with Crippen molar-refractivity contribution >= 4 is 110 Å². The predicted octanol–water partition coefficient (Wildman–Crippen LogP) is 6.86. The minimum Gasteiger partial charge on any atom is -0.508 e. The molecule has 1 aliphatic heterocycles. The molecule has 0 bridgehead atoms. The first kappa shape index (κ1) is 88.0. The van der Waals surface area contributed by atoms with Crippen molar-refractivity contribution in [2.75, 3.05) is 23.8 Å². The number of aromatic amines is 1. The number of unbranched alkanes of at least 4 members (excludes halogenated alkanes) is 1. The SMILES string of the molecule is C[C@@H](O)[C@H](NC(=O)[C@@H]1CSSC[C@H](NC(=O)[C@@H](Cc2ccc(CNC(=O)CCSC(c3ccccc3)(c3ccccc3)c3ccccc3)cc2)NC(=O)OC(C)(C)C)C(=O)N[C@@H](Cc2ccc(O)cc2)C(=O)N[C@H](Cc2c[nH]c3ccccc23)C(=O)N[C@@H](CCCCNC(=O)OC(C)(C)C)C(=O)N[C@@H]([C@@H](C)O)C(=O)N1)C(=O)O. The van der Waals surface area contributed by atoms with Crippen LogP contribution in [0.15, 0.2) is 170 Å². The molecule has 31 heteroatoms. The van der Waals surface area contributed by atoms with Gasteiger partial charge in [0.15, 0.2) is 6.04 Å². The van der Waals surface area contributed by atoms with Gasteiger partial charge in [0.1, 0.15) is 59.2 Å². The number of nitrogens with one attached hydrogen (secondary N) is 11. The molecule has 2 heterocycles. The van der Waals surface area contributed by atoms with Gasteiger partial charge in [-0.15, -0.1) is 11.8 Å². The number of aromatic hydroxyl groups is 1. The number of amides is 10. The number of alkyl carbamates (subject to hydrolysis) is 2. The monoisotopic (exact) mass is 1610 g/mol. The first-order chi connectivity index (χ1) is 53.7. The van der Waals surface area contributed by atoms with Gasteiger partial charge in [-0.3, -0.25) is 38.4 Å². The fourth-order valence-corrected chi connectivity index (χ4v) is 16.2. The van der Waals surface area contributed by atoms with E-state index in [1.54, 1.807) is 108 Å². The molecule has 0 spiro atoms. The topological polar surface area (TPSA) is 423 Å². The number of benzene rings is 6. The molecule has 10 atom stereocenters. The smallest absolute Gasteiger partial charge is 0.408 e. The Kier molecular flexibility index (Phi) is 32.5. The molecule has 604 valence electrons. The van der Waals surface area contributed by atoms with Gasteiger partial charge in [-0.2, -0.15) is 0 Å². The molecule has 8 rings (SSSR count). The average molecular weight is 1610 g/mol. The molecule has 7 aromatic rings. The average Bonchev–Trinajstić information content (AvgIpc) is 1.12. The first-order valence-electron chi connectivity index (χ1n) is 37.2. The number of hydrogen-bond donors (Lipinski definition) is 15. The number of rotatable bonds is 28. The Morgan fingerprint density at radius 2 is 1.11 bits per heavy atom. The molecule has 1 aliphatic rings. The van der Waals surface area contributed by atoms with Gasteiger partial charge in [0.25, 0.3) is 0 Å². The number of ether oxygens (including phenoxy) is 2. The van der Waals surface area contributed by atoms with Crippen LogP contribution in [0.3, 0.4) is 0 Å². The van der Waals surface area contributed by atoms with Crippen LogP contribution in [0.1, 0.15) is 120 Å². The molecule has 113 heavy (non-hydrogen) atoms. The molecular weight excluding hydrogens is 1510 g/mol. The van der Waals surface area contributed by atoms with Gasteiger partial charge in [-0.05, 0) is 132 Å². The number of carbonyl (C=O) groups is 11. The second-order valence-electron chi connectivity index (χ2n) is 29.4. The summed E-state index contributed by atoms with van der Waals surface area (Å²) in [6.07, 6.45) is -3.87. The van der Waals surface area contributed by atoms with E-state index in [9.17, 15) is 54.0 Å². The number of aromatic nitrogens is 1. The molecular formula is C82H101N11O17S3. The fraction of sp³-hybridized carbons (Fsp3) is 0.402. The van der Waals surface area contributed by atoms with Crippen molar-refractivity contribution in [2.45, 2.75) is 183 Å². The lowest BCUT2D eigenvalue weighted by Crippen LogP contribution is -2.62. The summed E-state index contributed by atoms with van der Waals surface area (Å²) in [7, 11) is 1.70. The van der Waals surface area contributed by atoms with Crippen LogP contribution in [0, 0.1) is 0 Å².